The number of hydrogen-bond donors (Lipinski definition) is 1. The van der Waals surface area contributed by atoms with E-state index in [0.29, 0.717) is 31.3 Å². The third-order valence-corrected chi connectivity index (χ3v) is 6.30. The number of carbonyl (C=O) groups excluding carboxylic acids is 1. The smallest absolute Gasteiger partial charge is 0.342 e. The molecule has 2 unspecified atom stereocenters. The Morgan fingerprint density at radius 1 is 1.00 bits per heavy atom. The van der Waals surface area contributed by atoms with Crippen LogP contribution in [0.3, 0.4) is 0 Å². The minimum atomic E-state index is -4.24. The second kappa shape index (κ2) is 6.61. The summed E-state index contributed by atoms with van der Waals surface area (Å²) in [6.07, 6.45) is 1.75. The quantitative estimate of drug-likeness (QED) is 0.799. The lowest BCUT2D eigenvalue weighted by molar-refractivity contribution is -0.201. The maximum Gasteiger partial charge on any atom is 0.392 e. The first-order valence-electron chi connectivity index (χ1n) is 8.98. The molecule has 3 fully saturated rings. The molecule has 1 amide bonds. The average Bonchev–Trinajstić information content (AvgIpc) is 2.55. The van der Waals surface area contributed by atoms with Gasteiger partial charge in [0.2, 0.25) is 5.91 Å². The molecule has 6 heteroatoms. The van der Waals surface area contributed by atoms with E-state index in [9.17, 15) is 18.0 Å². The zero-order valence-corrected chi connectivity index (χ0v) is 13.6. The minimum absolute atomic E-state index is 0.114. The fraction of sp³-hybridized carbons (Fsp3) is 0.941. The van der Waals surface area contributed by atoms with Gasteiger partial charge < -0.3 is 10.2 Å². The molecule has 3 aliphatic rings. The summed E-state index contributed by atoms with van der Waals surface area (Å²) in [5, 5.41) is 3.36. The van der Waals surface area contributed by atoms with Crippen molar-refractivity contribution < 1.29 is 18.0 Å². The van der Waals surface area contributed by atoms with Crippen LogP contribution in [0, 0.1) is 17.3 Å². The van der Waals surface area contributed by atoms with E-state index >= 15 is 0 Å². The van der Waals surface area contributed by atoms with E-state index in [1.54, 1.807) is 4.90 Å². The molecule has 0 aromatic carbocycles. The normalized spacial score (nSPS) is 32.0. The van der Waals surface area contributed by atoms with Crippen LogP contribution >= 0.6 is 0 Å². The highest BCUT2D eigenvalue weighted by Gasteiger charge is 2.49. The molecular weight excluding hydrogens is 305 g/mol. The molecular formula is C17H27F3N2O. The van der Waals surface area contributed by atoms with Gasteiger partial charge in [-0.15, -0.1) is 0 Å². The number of amides is 1. The summed E-state index contributed by atoms with van der Waals surface area (Å²) in [5.74, 6) is -2.51. The SMILES string of the molecule is O=C(C1CCCCC1C(F)(F)F)N1CCC2(CCNCC2)CC1. The van der Waals surface area contributed by atoms with Crippen LogP contribution < -0.4 is 5.32 Å². The maximum absolute atomic E-state index is 13.2. The lowest BCUT2D eigenvalue weighted by atomic mass is 9.71. The average molecular weight is 332 g/mol. The van der Waals surface area contributed by atoms with Crippen molar-refractivity contribution in [3.63, 3.8) is 0 Å². The van der Waals surface area contributed by atoms with Crippen LogP contribution in [-0.4, -0.2) is 43.2 Å². The molecule has 1 spiro atoms. The van der Waals surface area contributed by atoms with Gasteiger partial charge in [-0.25, -0.2) is 0 Å². The fourth-order valence-corrected chi connectivity index (χ4v) is 4.71. The summed E-state index contributed by atoms with van der Waals surface area (Å²) in [4.78, 5) is 14.4. The van der Waals surface area contributed by atoms with Crippen LogP contribution in [0.2, 0.25) is 0 Å². The second-order valence-corrected chi connectivity index (χ2v) is 7.61. The number of hydrogen-bond acceptors (Lipinski definition) is 2. The predicted octanol–water partition coefficient (Wildman–Crippen LogP) is 3.35. The van der Waals surface area contributed by atoms with Crippen molar-refractivity contribution in [1.82, 2.24) is 10.2 Å². The molecule has 2 aliphatic heterocycles. The molecule has 3 rings (SSSR count). The first-order valence-corrected chi connectivity index (χ1v) is 8.98. The third-order valence-electron chi connectivity index (χ3n) is 6.30. The van der Waals surface area contributed by atoms with Gasteiger partial charge in [0.15, 0.2) is 0 Å². The lowest BCUT2D eigenvalue weighted by Gasteiger charge is -2.46. The van der Waals surface area contributed by atoms with Crippen LogP contribution in [0.1, 0.15) is 51.4 Å². The summed E-state index contributed by atoms with van der Waals surface area (Å²) in [5.41, 5.74) is 0.317. The molecule has 0 aromatic rings. The highest BCUT2D eigenvalue weighted by Crippen LogP contribution is 2.44. The monoisotopic (exact) mass is 332 g/mol. The van der Waals surface area contributed by atoms with E-state index in [1.165, 1.54) is 0 Å². The number of rotatable bonds is 1. The number of likely N-dealkylation sites (tertiary alicyclic amines) is 1. The van der Waals surface area contributed by atoms with E-state index in [2.05, 4.69) is 5.32 Å². The van der Waals surface area contributed by atoms with Gasteiger partial charge in [-0.05, 0) is 57.0 Å². The van der Waals surface area contributed by atoms with Gasteiger partial charge >= 0.3 is 6.18 Å². The molecule has 3 nitrogen and oxygen atoms in total. The minimum Gasteiger partial charge on any atom is -0.342 e. The predicted molar refractivity (Wildman–Crippen MR) is 81.9 cm³/mol. The van der Waals surface area contributed by atoms with Crippen molar-refractivity contribution in [2.75, 3.05) is 26.2 Å². The molecule has 1 N–H and O–H groups in total. The van der Waals surface area contributed by atoms with Gasteiger partial charge in [-0.3, -0.25) is 4.79 Å². The van der Waals surface area contributed by atoms with Crippen LogP contribution in [0.5, 0.6) is 0 Å². The topological polar surface area (TPSA) is 32.3 Å². The van der Waals surface area contributed by atoms with Crippen molar-refractivity contribution in [2.24, 2.45) is 17.3 Å². The molecule has 2 atom stereocenters. The van der Waals surface area contributed by atoms with E-state index in [-0.39, 0.29) is 12.3 Å². The lowest BCUT2D eigenvalue weighted by Crippen LogP contribution is -2.51. The van der Waals surface area contributed by atoms with E-state index in [1.807, 2.05) is 0 Å². The molecule has 2 saturated heterocycles. The molecule has 1 saturated carbocycles. The first kappa shape index (κ1) is 17.1. The Morgan fingerprint density at radius 2 is 1.61 bits per heavy atom. The zero-order chi connectivity index (χ0) is 16.5. The Labute approximate surface area is 136 Å². The van der Waals surface area contributed by atoms with Gasteiger partial charge in [0.05, 0.1) is 5.92 Å². The van der Waals surface area contributed by atoms with Crippen molar-refractivity contribution in [1.29, 1.82) is 0 Å². The highest BCUT2D eigenvalue weighted by molar-refractivity contribution is 5.79. The van der Waals surface area contributed by atoms with Crippen molar-refractivity contribution in [3.05, 3.63) is 0 Å². The highest BCUT2D eigenvalue weighted by atomic mass is 19.4. The maximum atomic E-state index is 13.2. The molecule has 0 aromatic heterocycles. The van der Waals surface area contributed by atoms with Gasteiger partial charge in [-0.1, -0.05) is 12.8 Å². The Bertz CT molecular complexity index is 422. The van der Waals surface area contributed by atoms with Crippen LogP contribution in [0.25, 0.3) is 0 Å². The molecule has 132 valence electrons. The van der Waals surface area contributed by atoms with E-state index in [0.717, 1.165) is 45.2 Å². The van der Waals surface area contributed by atoms with Crippen molar-refractivity contribution in [3.8, 4) is 0 Å². The Morgan fingerprint density at radius 3 is 2.22 bits per heavy atom. The standard InChI is InChI=1S/C17H27F3N2O/c18-17(19,20)14-4-2-1-3-13(14)15(23)22-11-7-16(8-12-22)5-9-21-10-6-16/h13-14,21H,1-12H2. The summed E-state index contributed by atoms with van der Waals surface area (Å²) in [6, 6.07) is 0. The Kier molecular flexibility index (Phi) is 4.90. The summed E-state index contributed by atoms with van der Waals surface area (Å²) in [7, 11) is 0. The number of piperidine rings is 2. The van der Waals surface area contributed by atoms with Gasteiger partial charge in [0, 0.05) is 19.0 Å². The molecule has 2 heterocycles. The number of carbonyl (C=O) groups is 1. The van der Waals surface area contributed by atoms with E-state index < -0.39 is 18.0 Å². The Hall–Kier alpha value is -0.780. The first-order chi connectivity index (χ1) is 10.9. The molecule has 0 radical (unpaired) electrons. The summed E-state index contributed by atoms with van der Waals surface area (Å²) in [6.45, 7) is 3.32. The zero-order valence-electron chi connectivity index (χ0n) is 13.6. The summed E-state index contributed by atoms with van der Waals surface area (Å²) >= 11 is 0. The number of halogens is 3. The van der Waals surface area contributed by atoms with Crippen molar-refractivity contribution >= 4 is 5.91 Å². The van der Waals surface area contributed by atoms with Gasteiger partial charge in [0.1, 0.15) is 0 Å². The second-order valence-electron chi connectivity index (χ2n) is 7.61. The van der Waals surface area contributed by atoms with Crippen LogP contribution in [0.4, 0.5) is 13.2 Å². The van der Waals surface area contributed by atoms with Crippen molar-refractivity contribution in [2.45, 2.75) is 57.5 Å². The van der Waals surface area contributed by atoms with Crippen LogP contribution in [-0.2, 0) is 4.79 Å². The van der Waals surface area contributed by atoms with Gasteiger partial charge in [0.25, 0.3) is 0 Å². The Balaban J connectivity index is 1.62. The molecule has 23 heavy (non-hydrogen) atoms. The molecule has 1 aliphatic carbocycles. The van der Waals surface area contributed by atoms with Crippen LogP contribution in [0.15, 0.2) is 0 Å². The fourth-order valence-electron chi connectivity index (χ4n) is 4.71. The van der Waals surface area contributed by atoms with Gasteiger partial charge in [-0.2, -0.15) is 13.2 Å². The number of nitrogens with one attached hydrogen (secondary N) is 1. The number of nitrogens with zero attached hydrogens (tertiary/aromatic N) is 1. The number of alkyl halides is 3. The summed E-state index contributed by atoms with van der Waals surface area (Å²) < 4.78 is 39.7. The largest absolute Gasteiger partial charge is 0.392 e. The molecule has 0 bridgehead atoms. The van der Waals surface area contributed by atoms with E-state index in [4.69, 9.17) is 0 Å². The third kappa shape index (κ3) is 3.67.